The zero-order valence-electron chi connectivity index (χ0n) is 14.4. The fourth-order valence-corrected chi connectivity index (χ4v) is 3.30. The zero-order chi connectivity index (χ0) is 21.0. The van der Waals surface area contributed by atoms with E-state index in [1.165, 1.54) is 32.4 Å². The summed E-state index contributed by atoms with van der Waals surface area (Å²) in [4.78, 5) is 24.3. The molecule has 0 spiro atoms. The lowest BCUT2D eigenvalue weighted by Crippen LogP contribution is -2.21. The van der Waals surface area contributed by atoms with Gasteiger partial charge in [0.1, 0.15) is 0 Å². The molecular formula is C17H12Cl5NO5. The van der Waals surface area contributed by atoms with Gasteiger partial charge in [-0.25, -0.2) is 4.79 Å². The molecule has 0 saturated heterocycles. The Morgan fingerprint density at radius 3 is 2.04 bits per heavy atom. The van der Waals surface area contributed by atoms with E-state index in [0.717, 1.165) is 0 Å². The molecule has 0 aromatic heterocycles. The first-order valence-corrected chi connectivity index (χ1v) is 9.30. The number of rotatable bonds is 6. The highest BCUT2D eigenvalue weighted by molar-refractivity contribution is 6.50. The van der Waals surface area contributed by atoms with Crippen LogP contribution in [0.1, 0.15) is 10.4 Å². The van der Waals surface area contributed by atoms with Crippen molar-refractivity contribution in [1.82, 2.24) is 0 Å². The molecule has 1 amide bonds. The van der Waals surface area contributed by atoms with Crippen LogP contribution in [0.4, 0.5) is 5.69 Å². The van der Waals surface area contributed by atoms with Crippen molar-refractivity contribution < 1.29 is 23.8 Å². The van der Waals surface area contributed by atoms with Gasteiger partial charge in [-0.05, 0) is 18.2 Å². The van der Waals surface area contributed by atoms with Gasteiger partial charge in [0.2, 0.25) is 0 Å². The van der Waals surface area contributed by atoms with E-state index < -0.39 is 18.5 Å². The largest absolute Gasteiger partial charge is 0.493 e. The van der Waals surface area contributed by atoms with Gasteiger partial charge in [-0.2, -0.15) is 0 Å². The van der Waals surface area contributed by atoms with Crippen LogP contribution in [0, 0.1) is 0 Å². The molecule has 0 aliphatic heterocycles. The lowest BCUT2D eigenvalue weighted by Gasteiger charge is -2.13. The Bertz CT molecular complexity index is 909. The lowest BCUT2D eigenvalue weighted by molar-refractivity contribution is -0.119. The van der Waals surface area contributed by atoms with Gasteiger partial charge in [0.25, 0.3) is 5.91 Å². The maximum Gasteiger partial charge on any atom is 0.338 e. The quantitative estimate of drug-likeness (QED) is 0.414. The standard InChI is InChI=1S/C17H12Cl5NO5/c1-26-11-4-7(3-10(20)16(11)27-2)17(25)28-6-12(24)23-15-13(21)8(18)5-9(19)14(15)22/h3-5H,6H2,1-2H3,(H,23,24). The van der Waals surface area contributed by atoms with Crippen LogP contribution in [0.5, 0.6) is 11.5 Å². The number of hydrogen-bond donors (Lipinski definition) is 1. The number of amides is 1. The van der Waals surface area contributed by atoms with Gasteiger partial charge in [-0.1, -0.05) is 58.0 Å². The van der Waals surface area contributed by atoms with Gasteiger partial charge >= 0.3 is 5.97 Å². The first-order chi connectivity index (χ1) is 13.2. The molecule has 2 rings (SSSR count). The molecule has 6 nitrogen and oxygen atoms in total. The summed E-state index contributed by atoms with van der Waals surface area (Å²) in [6.07, 6.45) is 0. The number of carbonyl (C=O) groups excluding carboxylic acids is 2. The first kappa shape index (κ1) is 22.7. The Labute approximate surface area is 185 Å². The molecule has 11 heteroatoms. The van der Waals surface area contributed by atoms with E-state index in [0.29, 0.717) is 0 Å². The van der Waals surface area contributed by atoms with Crippen molar-refractivity contribution in [3.63, 3.8) is 0 Å². The molecule has 0 fully saturated rings. The third kappa shape index (κ3) is 5.07. The van der Waals surface area contributed by atoms with Gasteiger partial charge in [0.15, 0.2) is 18.1 Å². The Balaban J connectivity index is 2.10. The summed E-state index contributed by atoms with van der Waals surface area (Å²) >= 11 is 29.9. The first-order valence-electron chi connectivity index (χ1n) is 7.41. The normalized spacial score (nSPS) is 10.4. The number of benzene rings is 2. The Morgan fingerprint density at radius 2 is 1.50 bits per heavy atom. The summed E-state index contributed by atoms with van der Waals surface area (Å²) < 4.78 is 15.2. The highest BCUT2D eigenvalue weighted by Crippen LogP contribution is 2.41. The van der Waals surface area contributed by atoms with E-state index in [4.69, 9.17) is 72.2 Å². The van der Waals surface area contributed by atoms with Crippen molar-refractivity contribution in [2.75, 3.05) is 26.1 Å². The van der Waals surface area contributed by atoms with E-state index >= 15 is 0 Å². The van der Waals surface area contributed by atoms with Crippen molar-refractivity contribution in [3.8, 4) is 11.5 Å². The van der Waals surface area contributed by atoms with E-state index in [2.05, 4.69) is 5.32 Å². The van der Waals surface area contributed by atoms with E-state index in [-0.39, 0.29) is 47.9 Å². The van der Waals surface area contributed by atoms with Crippen molar-refractivity contribution in [1.29, 1.82) is 0 Å². The number of hydrogen-bond acceptors (Lipinski definition) is 5. The number of ether oxygens (including phenoxy) is 3. The van der Waals surface area contributed by atoms with E-state index in [1.807, 2.05) is 0 Å². The molecule has 0 heterocycles. The Kier molecular flexibility index (Phi) is 7.92. The van der Waals surface area contributed by atoms with Crippen LogP contribution in [-0.4, -0.2) is 32.7 Å². The number of methoxy groups -OCH3 is 2. The maximum atomic E-state index is 12.2. The van der Waals surface area contributed by atoms with E-state index in [9.17, 15) is 9.59 Å². The number of anilines is 1. The number of nitrogens with one attached hydrogen (secondary N) is 1. The van der Waals surface area contributed by atoms with Crippen molar-refractivity contribution in [2.45, 2.75) is 0 Å². The second-order valence-electron chi connectivity index (χ2n) is 5.16. The predicted molar refractivity (Wildman–Crippen MR) is 110 cm³/mol. The third-order valence-corrected chi connectivity index (χ3v) is 5.24. The van der Waals surface area contributed by atoms with Gasteiger partial charge in [0, 0.05) is 0 Å². The molecule has 0 aliphatic carbocycles. The van der Waals surface area contributed by atoms with Gasteiger partial charge in [-0.3, -0.25) is 4.79 Å². The molecule has 1 N–H and O–H groups in total. The van der Waals surface area contributed by atoms with Crippen LogP contribution in [0.2, 0.25) is 25.1 Å². The average Bonchev–Trinajstić information content (AvgIpc) is 2.67. The second-order valence-corrected chi connectivity index (χ2v) is 7.14. The molecule has 0 atom stereocenters. The summed E-state index contributed by atoms with van der Waals surface area (Å²) in [7, 11) is 2.80. The number of esters is 1. The molecule has 2 aromatic rings. The molecule has 2 aromatic carbocycles. The minimum absolute atomic E-state index is 0.00224. The summed E-state index contributed by atoms with van der Waals surface area (Å²) in [5.74, 6) is -1.01. The molecule has 0 saturated carbocycles. The molecule has 0 bridgehead atoms. The van der Waals surface area contributed by atoms with Crippen molar-refractivity contribution >= 4 is 75.6 Å². The topological polar surface area (TPSA) is 73.9 Å². The van der Waals surface area contributed by atoms with Crippen LogP contribution < -0.4 is 14.8 Å². The Morgan fingerprint density at radius 1 is 0.893 bits per heavy atom. The predicted octanol–water partition coefficient (Wildman–Crippen LogP) is 5.77. The summed E-state index contributed by atoms with van der Waals surface area (Å²) in [5.41, 5.74) is 0.0772. The van der Waals surface area contributed by atoms with Gasteiger partial charge in [-0.15, -0.1) is 0 Å². The van der Waals surface area contributed by atoms with Crippen LogP contribution >= 0.6 is 58.0 Å². The molecule has 0 aliphatic rings. The number of carbonyl (C=O) groups is 2. The molecule has 0 unspecified atom stereocenters. The van der Waals surface area contributed by atoms with E-state index in [1.54, 1.807) is 0 Å². The number of halogens is 5. The van der Waals surface area contributed by atoms with Gasteiger partial charge in [0.05, 0.1) is 50.6 Å². The monoisotopic (exact) mass is 485 g/mol. The average molecular weight is 488 g/mol. The van der Waals surface area contributed by atoms with Crippen LogP contribution in [0.3, 0.4) is 0 Å². The zero-order valence-corrected chi connectivity index (χ0v) is 18.1. The van der Waals surface area contributed by atoms with Crippen LogP contribution in [-0.2, 0) is 9.53 Å². The van der Waals surface area contributed by atoms with Crippen LogP contribution in [0.15, 0.2) is 18.2 Å². The highest BCUT2D eigenvalue weighted by atomic mass is 35.5. The second kappa shape index (κ2) is 9.76. The minimum atomic E-state index is -0.806. The summed E-state index contributed by atoms with van der Waals surface area (Å²) in [6, 6.07) is 4.04. The fraction of sp³-hybridized carbons (Fsp3) is 0.176. The highest BCUT2D eigenvalue weighted by Gasteiger charge is 2.19. The van der Waals surface area contributed by atoms with Crippen molar-refractivity contribution in [2.24, 2.45) is 0 Å². The Hall–Kier alpha value is -1.57. The maximum absolute atomic E-state index is 12.2. The smallest absolute Gasteiger partial charge is 0.338 e. The summed E-state index contributed by atoms with van der Waals surface area (Å²) in [5, 5.41) is 2.75. The SMILES string of the molecule is COc1cc(C(=O)OCC(=O)Nc2c(Cl)c(Cl)cc(Cl)c2Cl)cc(Cl)c1OC. The third-order valence-electron chi connectivity index (χ3n) is 3.38. The molecular weight excluding hydrogens is 475 g/mol. The van der Waals surface area contributed by atoms with Gasteiger partial charge < -0.3 is 19.5 Å². The molecule has 150 valence electrons. The summed E-state index contributed by atoms with van der Waals surface area (Å²) in [6.45, 7) is -0.623. The molecule has 28 heavy (non-hydrogen) atoms. The van der Waals surface area contributed by atoms with Crippen molar-refractivity contribution in [3.05, 3.63) is 48.9 Å². The van der Waals surface area contributed by atoms with Crippen LogP contribution in [0.25, 0.3) is 0 Å². The lowest BCUT2D eigenvalue weighted by atomic mass is 10.2. The fourth-order valence-electron chi connectivity index (χ4n) is 2.11. The minimum Gasteiger partial charge on any atom is -0.493 e. The molecule has 0 radical (unpaired) electrons.